The maximum atomic E-state index is 11.7. The summed E-state index contributed by atoms with van der Waals surface area (Å²) in [5, 5.41) is 0. The largest absolute Gasteiger partial charge is 0.467 e. The van der Waals surface area contributed by atoms with Crippen LogP contribution in [-0.2, 0) is 20.8 Å². The summed E-state index contributed by atoms with van der Waals surface area (Å²) < 4.78 is 9.32. The van der Waals surface area contributed by atoms with Crippen LogP contribution < -0.4 is 0 Å². The lowest BCUT2D eigenvalue weighted by Gasteiger charge is -2.26. The minimum atomic E-state index is -0.692. The molecule has 0 fully saturated rings. The predicted octanol–water partition coefficient (Wildman–Crippen LogP) is 1.82. The topological polar surface area (TPSA) is 55.8 Å². The lowest BCUT2D eigenvalue weighted by atomic mass is 10.2. The third-order valence-corrected chi connectivity index (χ3v) is 2.61. The minimum absolute atomic E-state index is 0.295. The molecule has 0 saturated heterocycles. The van der Waals surface area contributed by atoms with Gasteiger partial charge in [-0.25, -0.2) is 9.59 Å². The molecule has 1 amide bonds. The lowest BCUT2D eigenvalue weighted by Crippen LogP contribution is -2.43. The van der Waals surface area contributed by atoms with Crippen molar-refractivity contribution in [3.05, 3.63) is 35.9 Å². The van der Waals surface area contributed by atoms with Gasteiger partial charge in [0, 0.05) is 6.54 Å². The fourth-order valence-electron chi connectivity index (χ4n) is 1.55. The van der Waals surface area contributed by atoms with E-state index >= 15 is 0 Å². The summed E-state index contributed by atoms with van der Waals surface area (Å²) in [4.78, 5) is 24.5. The van der Waals surface area contributed by atoms with E-state index in [1.165, 1.54) is 19.1 Å². The summed E-state index contributed by atoms with van der Waals surface area (Å²) in [5.41, 5.74) is 0.915. The normalized spacial score (nSPS) is 11.5. The first-order valence-corrected chi connectivity index (χ1v) is 5.56. The molecule has 0 aliphatic carbocycles. The van der Waals surface area contributed by atoms with E-state index in [2.05, 4.69) is 9.47 Å². The molecule has 0 unspecified atom stereocenters. The van der Waals surface area contributed by atoms with Crippen molar-refractivity contribution in [1.29, 1.82) is 0 Å². The highest BCUT2D eigenvalue weighted by Crippen LogP contribution is 2.10. The predicted molar refractivity (Wildman–Crippen MR) is 65.9 cm³/mol. The first-order chi connectivity index (χ1) is 8.60. The van der Waals surface area contributed by atoms with E-state index in [1.807, 2.05) is 30.3 Å². The molecule has 1 aromatic carbocycles. The number of amides is 1. The zero-order valence-corrected chi connectivity index (χ0v) is 10.8. The van der Waals surface area contributed by atoms with Gasteiger partial charge in [-0.2, -0.15) is 0 Å². The number of nitrogens with zero attached hydrogens (tertiary/aromatic N) is 1. The van der Waals surface area contributed by atoms with E-state index in [-0.39, 0.29) is 0 Å². The SMILES string of the molecule is COC(=O)[C@H](C)N(Cc1ccccc1)C(=O)OC. The van der Waals surface area contributed by atoms with Gasteiger partial charge in [0.05, 0.1) is 14.2 Å². The van der Waals surface area contributed by atoms with Crippen molar-refractivity contribution in [2.45, 2.75) is 19.5 Å². The molecule has 0 aliphatic heterocycles. The van der Waals surface area contributed by atoms with Crippen molar-refractivity contribution in [3.8, 4) is 0 Å². The Hall–Kier alpha value is -2.04. The van der Waals surface area contributed by atoms with Crippen LogP contribution in [0.4, 0.5) is 4.79 Å². The Morgan fingerprint density at radius 2 is 1.78 bits per heavy atom. The number of carbonyl (C=O) groups excluding carboxylic acids is 2. The average Bonchev–Trinajstić information content (AvgIpc) is 2.43. The average molecular weight is 251 g/mol. The van der Waals surface area contributed by atoms with Gasteiger partial charge in [-0.05, 0) is 12.5 Å². The molecule has 1 atom stereocenters. The number of benzene rings is 1. The smallest absolute Gasteiger partial charge is 0.410 e. The molecular weight excluding hydrogens is 234 g/mol. The standard InChI is InChI=1S/C13H17NO4/c1-10(12(15)17-2)14(13(16)18-3)9-11-7-5-4-6-8-11/h4-8,10H,9H2,1-3H3/t10-/m0/s1. The number of rotatable bonds is 4. The van der Waals surface area contributed by atoms with Crippen LogP contribution >= 0.6 is 0 Å². The molecule has 0 saturated carbocycles. The molecule has 0 heterocycles. The highest BCUT2D eigenvalue weighted by Gasteiger charge is 2.27. The second kappa shape index (κ2) is 6.64. The number of carbonyl (C=O) groups is 2. The zero-order valence-electron chi connectivity index (χ0n) is 10.8. The number of esters is 1. The van der Waals surface area contributed by atoms with Gasteiger partial charge in [-0.3, -0.25) is 4.90 Å². The van der Waals surface area contributed by atoms with Crippen molar-refractivity contribution < 1.29 is 19.1 Å². The molecule has 0 spiro atoms. The van der Waals surface area contributed by atoms with Crippen molar-refractivity contribution in [2.24, 2.45) is 0 Å². The van der Waals surface area contributed by atoms with Crippen LogP contribution in [0.3, 0.4) is 0 Å². The summed E-state index contributed by atoms with van der Waals surface area (Å²) in [7, 11) is 2.57. The second-order valence-electron chi connectivity index (χ2n) is 3.78. The Bertz CT molecular complexity index is 405. The molecule has 0 aliphatic rings. The van der Waals surface area contributed by atoms with Crippen LogP contribution in [0.5, 0.6) is 0 Å². The Morgan fingerprint density at radius 3 is 2.28 bits per heavy atom. The first-order valence-electron chi connectivity index (χ1n) is 5.56. The highest BCUT2D eigenvalue weighted by molar-refractivity contribution is 5.80. The van der Waals surface area contributed by atoms with Crippen molar-refractivity contribution in [2.75, 3.05) is 14.2 Å². The summed E-state index contributed by atoms with van der Waals surface area (Å²) >= 11 is 0. The van der Waals surface area contributed by atoms with Crippen LogP contribution in [-0.4, -0.2) is 37.2 Å². The maximum Gasteiger partial charge on any atom is 0.410 e. The van der Waals surface area contributed by atoms with Crippen molar-refractivity contribution in [3.63, 3.8) is 0 Å². The fourth-order valence-corrected chi connectivity index (χ4v) is 1.55. The summed E-state index contributed by atoms with van der Waals surface area (Å²) in [6.07, 6.45) is -0.559. The molecule has 0 radical (unpaired) electrons. The number of hydrogen-bond acceptors (Lipinski definition) is 4. The zero-order chi connectivity index (χ0) is 13.5. The monoisotopic (exact) mass is 251 g/mol. The van der Waals surface area contributed by atoms with Gasteiger partial charge >= 0.3 is 12.1 Å². The molecule has 98 valence electrons. The number of methoxy groups -OCH3 is 2. The molecular formula is C13H17NO4. The van der Waals surface area contributed by atoms with Gasteiger partial charge in [0.25, 0.3) is 0 Å². The van der Waals surface area contributed by atoms with Gasteiger partial charge in [-0.1, -0.05) is 30.3 Å². The van der Waals surface area contributed by atoms with Gasteiger partial charge in [0.2, 0.25) is 0 Å². The van der Waals surface area contributed by atoms with Crippen LogP contribution in [0.1, 0.15) is 12.5 Å². The van der Waals surface area contributed by atoms with Gasteiger partial charge in [0.1, 0.15) is 6.04 Å². The Morgan fingerprint density at radius 1 is 1.17 bits per heavy atom. The third-order valence-electron chi connectivity index (χ3n) is 2.61. The van der Waals surface area contributed by atoms with Gasteiger partial charge in [0.15, 0.2) is 0 Å². The third kappa shape index (κ3) is 3.48. The molecule has 0 bridgehead atoms. The molecule has 5 nitrogen and oxygen atoms in total. The summed E-state index contributed by atoms with van der Waals surface area (Å²) in [5.74, 6) is -0.476. The van der Waals surface area contributed by atoms with Crippen LogP contribution in [0.15, 0.2) is 30.3 Å². The Kier molecular flexibility index (Phi) is 5.17. The molecule has 0 aromatic heterocycles. The van der Waals surface area contributed by atoms with Crippen molar-refractivity contribution in [1.82, 2.24) is 4.90 Å². The van der Waals surface area contributed by atoms with E-state index in [0.717, 1.165) is 5.56 Å². The minimum Gasteiger partial charge on any atom is -0.467 e. The fraction of sp³-hybridized carbons (Fsp3) is 0.385. The second-order valence-corrected chi connectivity index (χ2v) is 3.78. The molecule has 1 aromatic rings. The van der Waals surface area contributed by atoms with E-state index in [0.29, 0.717) is 6.54 Å². The van der Waals surface area contributed by atoms with Crippen molar-refractivity contribution >= 4 is 12.1 Å². The van der Waals surface area contributed by atoms with E-state index in [1.54, 1.807) is 6.92 Å². The highest BCUT2D eigenvalue weighted by atomic mass is 16.5. The summed E-state index contributed by atoms with van der Waals surface area (Å²) in [6, 6.07) is 8.68. The molecule has 0 N–H and O–H groups in total. The summed E-state index contributed by atoms with van der Waals surface area (Å²) in [6.45, 7) is 1.90. The van der Waals surface area contributed by atoms with Crippen LogP contribution in [0, 0.1) is 0 Å². The quantitative estimate of drug-likeness (QED) is 0.766. The van der Waals surface area contributed by atoms with Crippen LogP contribution in [0.25, 0.3) is 0 Å². The molecule has 18 heavy (non-hydrogen) atoms. The number of hydrogen-bond donors (Lipinski definition) is 0. The lowest BCUT2D eigenvalue weighted by molar-refractivity contribution is -0.145. The Labute approximate surface area is 106 Å². The molecule has 1 rings (SSSR count). The Balaban J connectivity index is 2.86. The van der Waals surface area contributed by atoms with E-state index < -0.39 is 18.1 Å². The van der Waals surface area contributed by atoms with E-state index in [4.69, 9.17) is 0 Å². The van der Waals surface area contributed by atoms with E-state index in [9.17, 15) is 9.59 Å². The first kappa shape index (κ1) is 14.0. The maximum absolute atomic E-state index is 11.7. The van der Waals surface area contributed by atoms with Gasteiger partial charge in [-0.15, -0.1) is 0 Å². The number of ether oxygens (including phenoxy) is 2. The van der Waals surface area contributed by atoms with Gasteiger partial charge < -0.3 is 9.47 Å². The molecule has 5 heteroatoms. The van der Waals surface area contributed by atoms with Crippen LogP contribution in [0.2, 0.25) is 0 Å².